The molecule has 1 unspecified atom stereocenters. The molecule has 0 fully saturated rings. The first-order valence-corrected chi connectivity index (χ1v) is 8.44. The van der Waals surface area contributed by atoms with Gasteiger partial charge >= 0.3 is 0 Å². The summed E-state index contributed by atoms with van der Waals surface area (Å²) in [5, 5.41) is 5.61. The van der Waals surface area contributed by atoms with Gasteiger partial charge in [-0.1, -0.05) is 0 Å². The SMILES string of the molecule is CC(C)(C)NCC1CCc2nc(-c3cscn3)ncc2C1. The van der Waals surface area contributed by atoms with Gasteiger partial charge in [0.1, 0.15) is 5.69 Å². The van der Waals surface area contributed by atoms with Crippen LogP contribution in [0.15, 0.2) is 17.1 Å². The summed E-state index contributed by atoms with van der Waals surface area (Å²) in [5.74, 6) is 1.45. The van der Waals surface area contributed by atoms with E-state index in [-0.39, 0.29) is 5.54 Å². The van der Waals surface area contributed by atoms with Crippen molar-refractivity contribution in [2.75, 3.05) is 6.54 Å². The molecule has 2 aromatic heterocycles. The van der Waals surface area contributed by atoms with E-state index in [0.29, 0.717) is 5.92 Å². The van der Waals surface area contributed by atoms with Crippen LogP contribution in [0.5, 0.6) is 0 Å². The third kappa shape index (κ3) is 3.66. The average molecular weight is 302 g/mol. The van der Waals surface area contributed by atoms with Gasteiger partial charge < -0.3 is 5.32 Å². The Hall–Kier alpha value is -1.33. The maximum Gasteiger partial charge on any atom is 0.179 e. The van der Waals surface area contributed by atoms with Gasteiger partial charge in [0.25, 0.3) is 0 Å². The normalized spacial score (nSPS) is 18.5. The smallest absolute Gasteiger partial charge is 0.179 e. The molecule has 0 bridgehead atoms. The topological polar surface area (TPSA) is 50.7 Å². The Morgan fingerprint density at radius 2 is 2.19 bits per heavy atom. The summed E-state index contributed by atoms with van der Waals surface area (Å²) in [6.45, 7) is 7.71. The van der Waals surface area contributed by atoms with E-state index in [1.54, 1.807) is 11.3 Å². The summed E-state index contributed by atoms with van der Waals surface area (Å²) in [6, 6.07) is 0. The quantitative estimate of drug-likeness (QED) is 0.946. The summed E-state index contributed by atoms with van der Waals surface area (Å²) in [5.41, 5.74) is 5.41. The highest BCUT2D eigenvalue weighted by atomic mass is 32.1. The van der Waals surface area contributed by atoms with Gasteiger partial charge in [0.2, 0.25) is 0 Å². The Morgan fingerprint density at radius 3 is 2.90 bits per heavy atom. The second-order valence-electron chi connectivity index (χ2n) is 6.78. The van der Waals surface area contributed by atoms with Gasteiger partial charge in [-0.3, -0.25) is 0 Å². The highest BCUT2D eigenvalue weighted by Gasteiger charge is 2.22. The summed E-state index contributed by atoms with van der Waals surface area (Å²) in [7, 11) is 0. The molecule has 0 spiro atoms. The fraction of sp³-hybridized carbons (Fsp3) is 0.562. The molecule has 0 aliphatic heterocycles. The molecule has 1 N–H and O–H groups in total. The lowest BCUT2D eigenvalue weighted by Crippen LogP contribution is -2.40. The van der Waals surface area contributed by atoms with Crippen LogP contribution in [0.3, 0.4) is 0 Å². The predicted octanol–water partition coefficient (Wildman–Crippen LogP) is 3.09. The van der Waals surface area contributed by atoms with Gasteiger partial charge in [-0.15, -0.1) is 11.3 Å². The zero-order valence-corrected chi connectivity index (χ0v) is 13.7. The second-order valence-corrected chi connectivity index (χ2v) is 7.50. The molecule has 0 saturated heterocycles. The minimum absolute atomic E-state index is 0.186. The van der Waals surface area contributed by atoms with Crippen molar-refractivity contribution in [3.05, 3.63) is 28.3 Å². The zero-order chi connectivity index (χ0) is 14.9. The van der Waals surface area contributed by atoms with E-state index in [1.165, 1.54) is 17.7 Å². The lowest BCUT2D eigenvalue weighted by molar-refractivity contribution is 0.347. The number of aryl methyl sites for hydroxylation is 1. The van der Waals surface area contributed by atoms with E-state index < -0.39 is 0 Å². The zero-order valence-electron chi connectivity index (χ0n) is 12.9. The van der Waals surface area contributed by atoms with Crippen LogP contribution in [0.2, 0.25) is 0 Å². The fourth-order valence-electron chi connectivity index (χ4n) is 2.65. The van der Waals surface area contributed by atoms with E-state index in [0.717, 1.165) is 30.9 Å². The Labute approximate surface area is 130 Å². The van der Waals surface area contributed by atoms with Crippen molar-refractivity contribution in [3.8, 4) is 11.5 Å². The molecular weight excluding hydrogens is 280 g/mol. The molecular formula is C16H22N4S. The number of nitrogens with one attached hydrogen (secondary N) is 1. The number of fused-ring (bicyclic) bond motifs is 1. The number of thiazole rings is 1. The van der Waals surface area contributed by atoms with E-state index in [2.05, 4.69) is 36.1 Å². The minimum atomic E-state index is 0.186. The van der Waals surface area contributed by atoms with Crippen LogP contribution in [0, 0.1) is 5.92 Å². The third-order valence-corrected chi connectivity index (χ3v) is 4.42. The number of rotatable bonds is 3. The lowest BCUT2D eigenvalue weighted by Gasteiger charge is -2.28. The molecule has 0 radical (unpaired) electrons. The van der Waals surface area contributed by atoms with E-state index in [4.69, 9.17) is 4.98 Å². The highest BCUT2D eigenvalue weighted by molar-refractivity contribution is 7.07. The maximum atomic E-state index is 4.71. The molecule has 112 valence electrons. The molecule has 2 heterocycles. The van der Waals surface area contributed by atoms with Crippen LogP contribution in [0.25, 0.3) is 11.5 Å². The minimum Gasteiger partial charge on any atom is -0.312 e. The first-order valence-electron chi connectivity index (χ1n) is 7.49. The van der Waals surface area contributed by atoms with Gasteiger partial charge in [-0.2, -0.15) is 0 Å². The molecule has 0 amide bonds. The molecule has 0 aromatic carbocycles. The second kappa shape index (κ2) is 5.81. The predicted molar refractivity (Wildman–Crippen MR) is 86.4 cm³/mol. The highest BCUT2D eigenvalue weighted by Crippen LogP contribution is 2.25. The van der Waals surface area contributed by atoms with Gasteiger partial charge in [0, 0.05) is 22.8 Å². The Balaban J connectivity index is 1.70. The molecule has 1 atom stereocenters. The van der Waals surface area contributed by atoms with Crippen LogP contribution in [0.1, 0.15) is 38.4 Å². The summed E-state index contributed by atoms with van der Waals surface area (Å²) < 4.78 is 0. The Morgan fingerprint density at radius 1 is 1.33 bits per heavy atom. The molecule has 1 aliphatic carbocycles. The maximum absolute atomic E-state index is 4.71. The number of hydrogen-bond donors (Lipinski definition) is 1. The van der Waals surface area contributed by atoms with Crippen LogP contribution in [-0.4, -0.2) is 27.0 Å². The molecule has 4 nitrogen and oxygen atoms in total. The monoisotopic (exact) mass is 302 g/mol. The van der Waals surface area contributed by atoms with Crippen LogP contribution in [-0.2, 0) is 12.8 Å². The van der Waals surface area contributed by atoms with E-state index >= 15 is 0 Å². The summed E-state index contributed by atoms with van der Waals surface area (Å²) in [4.78, 5) is 13.5. The van der Waals surface area contributed by atoms with Crippen molar-refractivity contribution in [2.45, 2.75) is 45.6 Å². The van der Waals surface area contributed by atoms with Crippen LogP contribution < -0.4 is 5.32 Å². The van der Waals surface area contributed by atoms with Crippen LogP contribution >= 0.6 is 11.3 Å². The Kier molecular flexibility index (Phi) is 4.04. The van der Waals surface area contributed by atoms with E-state index in [1.807, 2.05) is 17.1 Å². The Bertz CT molecular complexity index is 601. The summed E-state index contributed by atoms with van der Waals surface area (Å²) in [6.07, 6.45) is 5.32. The number of hydrogen-bond acceptors (Lipinski definition) is 5. The van der Waals surface area contributed by atoms with E-state index in [9.17, 15) is 0 Å². The van der Waals surface area contributed by atoms with Crippen LogP contribution in [0.4, 0.5) is 0 Å². The van der Waals surface area contributed by atoms with Gasteiger partial charge in [0.15, 0.2) is 5.82 Å². The average Bonchev–Trinajstić information content (AvgIpc) is 2.98. The third-order valence-electron chi connectivity index (χ3n) is 3.83. The number of aromatic nitrogens is 3. The van der Waals surface area contributed by atoms with Crippen molar-refractivity contribution in [2.24, 2.45) is 5.92 Å². The first-order chi connectivity index (χ1) is 10.0. The largest absolute Gasteiger partial charge is 0.312 e. The summed E-state index contributed by atoms with van der Waals surface area (Å²) >= 11 is 1.58. The molecule has 21 heavy (non-hydrogen) atoms. The van der Waals surface area contributed by atoms with Gasteiger partial charge in [0.05, 0.1) is 5.51 Å². The fourth-order valence-corrected chi connectivity index (χ4v) is 3.18. The molecule has 5 heteroatoms. The molecule has 2 aromatic rings. The number of nitrogens with zero attached hydrogens (tertiary/aromatic N) is 3. The molecule has 1 aliphatic rings. The van der Waals surface area contributed by atoms with Crippen molar-refractivity contribution in [1.82, 2.24) is 20.3 Å². The first kappa shape index (κ1) is 14.6. The van der Waals surface area contributed by atoms with Crippen molar-refractivity contribution < 1.29 is 0 Å². The van der Waals surface area contributed by atoms with Crippen molar-refractivity contribution in [3.63, 3.8) is 0 Å². The van der Waals surface area contributed by atoms with Gasteiger partial charge in [-0.05, 0) is 58.1 Å². The molecule has 3 rings (SSSR count). The van der Waals surface area contributed by atoms with Crippen molar-refractivity contribution >= 4 is 11.3 Å². The lowest BCUT2D eigenvalue weighted by atomic mass is 9.86. The van der Waals surface area contributed by atoms with Gasteiger partial charge in [-0.25, -0.2) is 15.0 Å². The molecule has 0 saturated carbocycles. The standard InChI is InChI=1S/C16H22N4S/c1-16(2,3)19-7-11-4-5-13-12(6-11)8-17-15(20-13)14-9-21-10-18-14/h8-11,19H,4-7H2,1-3H3. The van der Waals surface area contributed by atoms with Crippen molar-refractivity contribution in [1.29, 1.82) is 0 Å².